The van der Waals surface area contributed by atoms with Crippen LogP contribution in [-0.2, 0) is 18.8 Å². The molecule has 3 aromatic rings. The topological polar surface area (TPSA) is 57.5 Å². The second-order valence-electron chi connectivity index (χ2n) is 6.18. The Kier molecular flexibility index (Phi) is 5.41. The molecular formula is C20H22N6S. The summed E-state index contributed by atoms with van der Waals surface area (Å²) in [6.07, 6.45) is 1.91. The molecule has 27 heavy (non-hydrogen) atoms. The maximum absolute atomic E-state index is 4.57. The van der Waals surface area contributed by atoms with Crippen LogP contribution in [0.5, 0.6) is 0 Å². The SMILES string of the molecule is CCn1ncc(C2=NNNN2Cc2ccccc2)c1SCc1ccccc1. The highest BCUT2D eigenvalue weighted by Crippen LogP contribution is 2.28. The van der Waals surface area contributed by atoms with Crippen LogP contribution < -0.4 is 11.1 Å². The van der Waals surface area contributed by atoms with Crippen molar-refractivity contribution < 1.29 is 0 Å². The third-order valence-electron chi connectivity index (χ3n) is 4.34. The molecule has 0 fully saturated rings. The Bertz CT molecular complexity index is 907. The number of nitrogens with zero attached hydrogens (tertiary/aromatic N) is 4. The number of amidine groups is 1. The Labute approximate surface area is 163 Å². The van der Waals surface area contributed by atoms with Gasteiger partial charge in [0.05, 0.1) is 18.3 Å². The van der Waals surface area contributed by atoms with Crippen molar-refractivity contribution in [3.63, 3.8) is 0 Å². The van der Waals surface area contributed by atoms with Gasteiger partial charge in [-0.15, -0.1) is 22.4 Å². The van der Waals surface area contributed by atoms with E-state index in [4.69, 9.17) is 0 Å². The van der Waals surface area contributed by atoms with Gasteiger partial charge in [-0.1, -0.05) is 60.7 Å². The van der Waals surface area contributed by atoms with Gasteiger partial charge in [0.15, 0.2) is 5.84 Å². The Hall–Kier alpha value is -2.77. The number of hydrazine groups is 2. The molecule has 6 nitrogen and oxygen atoms in total. The number of benzene rings is 2. The fraction of sp³-hybridized carbons (Fsp3) is 0.200. The first-order valence-corrected chi connectivity index (χ1v) is 9.96. The van der Waals surface area contributed by atoms with E-state index < -0.39 is 0 Å². The number of nitrogens with one attached hydrogen (secondary N) is 2. The molecule has 0 bridgehead atoms. The summed E-state index contributed by atoms with van der Waals surface area (Å²) in [7, 11) is 0. The van der Waals surface area contributed by atoms with Crippen LogP contribution in [0.15, 0.2) is 77.0 Å². The van der Waals surface area contributed by atoms with Crippen molar-refractivity contribution in [2.75, 3.05) is 0 Å². The van der Waals surface area contributed by atoms with Gasteiger partial charge in [-0.25, -0.2) is 5.53 Å². The van der Waals surface area contributed by atoms with Gasteiger partial charge in [0.1, 0.15) is 5.03 Å². The molecule has 7 heteroatoms. The maximum Gasteiger partial charge on any atom is 0.177 e. The molecule has 0 aliphatic carbocycles. The van der Waals surface area contributed by atoms with E-state index in [2.05, 4.69) is 64.6 Å². The van der Waals surface area contributed by atoms with Crippen LogP contribution in [0.4, 0.5) is 0 Å². The van der Waals surface area contributed by atoms with Crippen molar-refractivity contribution in [1.82, 2.24) is 25.9 Å². The normalized spacial score (nSPS) is 13.5. The minimum Gasteiger partial charge on any atom is -0.266 e. The summed E-state index contributed by atoms with van der Waals surface area (Å²) in [6.45, 7) is 3.65. The standard InChI is InChI=1S/C20H22N6S/c1-2-25-20(27-15-17-11-7-4-8-12-17)18(13-21-25)19-22-23-24-26(19)14-16-9-5-3-6-10-16/h3-13,23-24H,2,14-15H2,1H3. The van der Waals surface area contributed by atoms with E-state index in [0.29, 0.717) is 6.54 Å². The molecule has 0 atom stereocenters. The summed E-state index contributed by atoms with van der Waals surface area (Å²) >= 11 is 1.79. The molecule has 138 valence electrons. The summed E-state index contributed by atoms with van der Waals surface area (Å²) < 4.78 is 2.03. The highest BCUT2D eigenvalue weighted by Gasteiger charge is 2.24. The Balaban J connectivity index is 1.56. The third kappa shape index (κ3) is 3.99. The number of hydrogen-bond acceptors (Lipinski definition) is 6. The van der Waals surface area contributed by atoms with Crippen LogP contribution in [0.3, 0.4) is 0 Å². The van der Waals surface area contributed by atoms with Crippen molar-refractivity contribution in [2.24, 2.45) is 5.10 Å². The van der Waals surface area contributed by atoms with Gasteiger partial charge in [0, 0.05) is 12.3 Å². The molecule has 1 aliphatic heterocycles. The Morgan fingerprint density at radius 1 is 0.963 bits per heavy atom. The number of hydrazone groups is 1. The van der Waals surface area contributed by atoms with Crippen molar-refractivity contribution >= 4 is 17.6 Å². The van der Waals surface area contributed by atoms with E-state index in [0.717, 1.165) is 28.7 Å². The minimum atomic E-state index is 0.715. The van der Waals surface area contributed by atoms with Crippen LogP contribution in [-0.4, -0.2) is 20.6 Å². The van der Waals surface area contributed by atoms with Crippen molar-refractivity contribution in [3.05, 3.63) is 83.6 Å². The molecule has 0 radical (unpaired) electrons. The lowest BCUT2D eigenvalue weighted by Crippen LogP contribution is -2.40. The summed E-state index contributed by atoms with van der Waals surface area (Å²) in [5, 5.41) is 12.2. The van der Waals surface area contributed by atoms with Gasteiger partial charge in [-0.05, 0) is 18.1 Å². The van der Waals surface area contributed by atoms with Gasteiger partial charge in [-0.2, -0.15) is 5.10 Å². The highest BCUT2D eigenvalue weighted by molar-refractivity contribution is 7.98. The molecule has 1 aliphatic rings. The first-order valence-electron chi connectivity index (χ1n) is 8.98. The molecule has 0 saturated heterocycles. The maximum atomic E-state index is 4.57. The van der Waals surface area contributed by atoms with E-state index in [1.807, 2.05) is 40.2 Å². The number of aromatic nitrogens is 2. The molecule has 2 aromatic carbocycles. The fourth-order valence-electron chi connectivity index (χ4n) is 2.97. The van der Waals surface area contributed by atoms with E-state index in [-0.39, 0.29) is 0 Å². The molecule has 4 rings (SSSR count). The van der Waals surface area contributed by atoms with Crippen LogP contribution in [0, 0.1) is 0 Å². The number of rotatable bonds is 7. The van der Waals surface area contributed by atoms with E-state index in [9.17, 15) is 0 Å². The lowest BCUT2D eigenvalue weighted by atomic mass is 10.2. The molecule has 1 aromatic heterocycles. The lowest BCUT2D eigenvalue weighted by molar-refractivity contribution is 0.288. The first kappa shape index (κ1) is 17.6. The summed E-state index contributed by atoms with van der Waals surface area (Å²) in [5.41, 5.74) is 9.54. The fourth-order valence-corrected chi connectivity index (χ4v) is 4.09. The van der Waals surface area contributed by atoms with Crippen molar-refractivity contribution in [2.45, 2.75) is 30.8 Å². The van der Waals surface area contributed by atoms with Crippen LogP contribution in [0.1, 0.15) is 23.6 Å². The van der Waals surface area contributed by atoms with E-state index in [1.54, 1.807) is 11.8 Å². The lowest BCUT2D eigenvalue weighted by Gasteiger charge is -2.19. The quantitative estimate of drug-likeness (QED) is 0.617. The smallest absolute Gasteiger partial charge is 0.177 e. The number of aryl methyl sites for hydroxylation is 1. The molecule has 0 saturated carbocycles. The Morgan fingerprint density at radius 3 is 2.37 bits per heavy atom. The highest BCUT2D eigenvalue weighted by atomic mass is 32.2. The molecule has 0 amide bonds. The van der Waals surface area contributed by atoms with Crippen LogP contribution >= 0.6 is 11.8 Å². The predicted octanol–water partition coefficient (Wildman–Crippen LogP) is 3.38. The van der Waals surface area contributed by atoms with Gasteiger partial charge in [0.25, 0.3) is 0 Å². The molecule has 0 spiro atoms. The summed E-state index contributed by atoms with van der Waals surface area (Å²) in [5.74, 6) is 1.75. The average Bonchev–Trinajstić information content (AvgIpc) is 3.34. The largest absolute Gasteiger partial charge is 0.266 e. The zero-order valence-corrected chi connectivity index (χ0v) is 16.0. The monoisotopic (exact) mass is 378 g/mol. The zero-order chi connectivity index (χ0) is 18.5. The first-order chi connectivity index (χ1) is 13.3. The molecule has 0 unspecified atom stereocenters. The van der Waals surface area contributed by atoms with Crippen molar-refractivity contribution in [1.29, 1.82) is 0 Å². The Morgan fingerprint density at radius 2 is 1.67 bits per heavy atom. The summed E-state index contributed by atoms with van der Waals surface area (Å²) in [4.78, 5) is 0. The number of thioether (sulfide) groups is 1. The second-order valence-corrected chi connectivity index (χ2v) is 7.15. The summed E-state index contributed by atoms with van der Waals surface area (Å²) in [6, 6.07) is 20.8. The average molecular weight is 379 g/mol. The van der Waals surface area contributed by atoms with Gasteiger partial charge in [0.2, 0.25) is 0 Å². The molecule has 2 heterocycles. The van der Waals surface area contributed by atoms with E-state index >= 15 is 0 Å². The predicted molar refractivity (Wildman–Crippen MR) is 109 cm³/mol. The third-order valence-corrected chi connectivity index (χ3v) is 5.52. The van der Waals surface area contributed by atoms with Gasteiger partial charge in [-0.3, -0.25) is 9.69 Å². The minimum absolute atomic E-state index is 0.715. The second kappa shape index (κ2) is 8.28. The molecular weight excluding hydrogens is 356 g/mol. The van der Waals surface area contributed by atoms with Gasteiger partial charge >= 0.3 is 0 Å². The van der Waals surface area contributed by atoms with Crippen LogP contribution in [0.25, 0.3) is 0 Å². The van der Waals surface area contributed by atoms with Crippen molar-refractivity contribution in [3.8, 4) is 0 Å². The number of hydrogen-bond donors (Lipinski definition) is 2. The van der Waals surface area contributed by atoms with E-state index in [1.165, 1.54) is 11.1 Å². The zero-order valence-electron chi connectivity index (χ0n) is 15.2. The molecule has 2 N–H and O–H groups in total. The van der Waals surface area contributed by atoms with Gasteiger partial charge < -0.3 is 0 Å². The van der Waals surface area contributed by atoms with Crippen LogP contribution in [0.2, 0.25) is 0 Å².